The minimum absolute atomic E-state index is 0.000319. The maximum absolute atomic E-state index is 15.2. The molecular formula is C27H24FN3OS. The van der Waals surface area contributed by atoms with Gasteiger partial charge in [0.05, 0.1) is 11.7 Å². The van der Waals surface area contributed by atoms with Crippen molar-refractivity contribution in [3.8, 4) is 10.6 Å². The SMILES string of the molecule is CN1C[C@@H](c2ccc(-c3nc4ccc(C5(c6ccccc6)CC5)nc4s3)c(F)c2)C[C@H]1C=O. The Morgan fingerprint density at radius 1 is 1.09 bits per heavy atom. The number of fused-ring (bicyclic) bond motifs is 1. The quantitative estimate of drug-likeness (QED) is 0.368. The van der Waals surface area contributed by atoms with Crippen molar-refractivity contribution in [3.63, 3.8) is 0 Å². The Morgan fingerprint density at radius 3 is 2.61 bits per heavy atom. The van der Waals surface area contributed by atoms with Gasteiger partial charge in [-0.15, -0.1) is 0 Å². The van der Waals surface area contributed by atoms with E-state index in [-0.39, 0.29) is 23.2 Å². The maximum Gasteiger partial charge on any atom is 0.144 e. The van der Waals surface area contributed by atoms with Gasteiger partial charge in [0.1, 0.15) is 27.5 Å². The first kappa shape index (κ1) is 20.6. The highest BCUT2D eigenvalue weighted by atomic mass is 32.1. The summed E-state index contributed by atoms with van der Waals surface area (Å²) in [5, 5.41) is 0.651. The first-order valence-electron chi connectivity index (χ1n) is 11.4. The van der Waals surface area contributed by atoms with Gasteiger partial charge in [-0.05, 0) is 67.6 Å². The Bertz CT molecular complexity index is 1350. The van der Waals surface area contributed by atoms with Gasteiger partial charge >= 0.3 is 0 Å². The lowest BCUT2D eigenvalue weighted by molar-refractivity contribution is -0.111. The van der Waals surface area contributed by atoms with Gasteiger partial charge in [0.25, 0.3) is 0 Å². The van der Waals surface area contributed by atoms with Gasteiger partial charge in [-0.2, -0.15) is 0 Å². The first-order chi connectivity index (χ1) is 16.1. The summed E-state index contributed by atoms with van der Waals surface area (Å²) in [4.78, 5) is 23.8. The number of rotatable bonds is 5. The molecule has 4 aromatic rings. The smallest absolute Gasteiger partial charge is 0.144 e. The highest BCUT2D eigenvalue weighted by Gasteiger charge is 2.47. The molecule has 3 heterocycles. The zero-order valence-electron chi connectivity index (χ0n) is 18.4. The van der Waals surface area contributed by atoms with Gasteiger partial charge < -0.3 is 4.79 Å². The molecule has 2 aliphatic rings. The van der Waals surface area contributed by atoms with E-state index in [1.165, 1.54) is 16.9 Å². The molecule has 0 spiro atoms. The van der Waals surface area contributed by atoms with Crippen LogP contribution in [0.4, 0.5) is 4.39 Å². The molecule has 0 N–H and O–H groups in total. The maximum atomic E-state index is 15.2. The van der Waals surface area contributed by atoms with E-state index in [4.69, 9.17) is 4.98 Å². The highest BCUT2D eigenvalue weighted by molar-refractivity contribution is 7.21. The average Bonchev–Trinajstić information content (AvgIpc) is 3.40. The lowest BCUT2D eigenvalue weighted by Crippen LogP contribution is -2.25. The van der Waals surface area contributed by atoms with Crippen molar-refractivity contribution >= 4 is 28.0 Å². The summed E-state index contributed by atoms with van der Waals surface area (Å²) in [5.74, 6) is -0.104. The fraction of sp³-hybridized carbons (Fsp3) is 0.296. The van der Waals surface area contributed by atoms with Gasteiger partial charge in [-0.3, -0.25) is 4.90 Å². The van der Waals surface area contributed by atoms with Crippen molar-refractivity contribution < 1.29 is 9.18 Å². The third kappa shape index (κ3) is 3.49. The monoisotopic (exact) mass is 457 g/mol. The second kappa shape index (κ2) is 7.82. The number of likely N-dealkylation sites (tertiary alicyclic amines) is 1. The minimum atomic E-state index is -0.271. The molecule has 0 unspecified atom stereocenters. The second-order valence-corrected chi connectivity index (χ2v) is 10.3. The van der Waals surface area contributed by atoms with Crippen LogP contribution in [0, 0.1) is 5.82 Å². The van der Waals surface area contributed by atoms with Crippen molar-refractivity contribution in [1.82, 2.24) is 14.9 Å². The predicted octanol–water partition coefficient (Wildman–Crippen LogP) is 5.56. The van der Waals surface area contributed by atoms with Crippen LogP contribution in [0.1, 0.15) is 42.0 Å². The summed E-state index contributed by atoms with van der Waals surface area (Å²) in [6.45, 7) is 0.763. The van der Waals surface area contributed by atoms with Crippen molar-refractivity contribution in [1.29, 1.82) is 0 Å². The molecule has 6 rings (SSSR count). The number of hydrogen-bond acceptors (Lipinski definition) is 5. The summed E-state index contributed by atoms with van der Waals surface area (Å²) < 4.78 is 15.2. The van der Waals surface area contributed by atoms with Crippen LogP contribution in [0.15, 0.2) is 60.7 Å². The van der Waals surface area contributed by atoms with Gasteiger partial charge in [-0.25, -0.2) is 14.4 Å². The molecule has 2 aromatic heterocycles. The van der Waals surface area contributed by atoms with Crippen LogP contribution in [-0.4, -0.2) is 40.8 Å². The number of hydrogen-bond donors (Lipinski definition) is 0. The topological polar surface area (TPSA) is 46.1 Å². The van der Waals surface area contributed by atoms with E-state index in [2.05, 4.69) is 35.3 Å². The number of benzene rings is 2. The average molecular weight is 458 g/mol. The third-order valence-corrected chi connectivity index (χ3v) is 8.27. The van der Waals surface area contributed by atoms with Crippen LogP contribution < -0.4 is 0 Å². The summed E-state index contributed by atoms with van der Waals surface area (Å²) >= 11 is 1.44. The Balaban J connectivity index is 1.31. The van der Waals surface area contributed by atoms with Gasteiger partial charge in [0, 0.05) is 17.5 Å². The van der Waals surface area contributed by atoms with Crippen LogP contribution in [0.25, 0.3) is 20.9 Å². The molecule has 1 saturated carbocycles. The molecule has 0 radical (unpaired) electrons. The summed E-state index contributed by atoms with van der Waals surface area (Å²) in [5.41, 5.74) is 4.62. The molecule has 166 valence electrons. The molecule has 0 amide bonds. The molecule has 2 aromatic carbocycles. The Hall–Kier alpha value is -2.96. The molecule has 4 nitrogen and oxygen atoms in total. The number of carbonyl (C=O) groups excluding carboxylic acids is 1. The zero-order valence-corrected chi connectivity index (χ0v) is 19.2. The summed E-state index contributed by atoms with van der Waals surface area (Å²) in [6.07, 6.45) is 3.91. The molecule has 1 saturated heterocycles. The number of likely N-dealkylation sites (N-methyl/N-ethyl adjacent to an activating group) is 1. The molecular weight excluding hydrogens is 433 g/mol. The molecule has 33 heavy (non-hydrogen) atoms. The molecule has 2 atom stereocenters. The van der Waals surface area contributed by atoms with E-state index in [0.717, 1.165) is 53.7 Å². The number of pyridine rings is 1. The first-order valence-corrected chi connectivity index (χ1v) is 12.2. The second-order valence-electron chi connectivity index (χ2n) is 9.30. The fourth-order valence-corrected chi connectivity index (χ4v) is 6.13. The molecule has 1 aliphatic carbocycles. The van der Waals surface area contributed by atoms with Crippen molar-refractivity contribution in [2.75, 3.05) is 13.6 Å². The van der Waals surface area contributed by atoms with E-state index >= 15 is 4.39 Å². The number of aromatic nitrogens is 2. The summed E-state index contributed by atoms with van der Waals surface area (Å²) in [6, 6.07) is 20.0. The summed E-state index contributed by atoms with van der Waals surface area (Å²) in [7, 11) is 1.94. The van der Waals surface area contributed by atoms with Crippen molar-refractivity contribution in [3.05, 3.63) is 83.3 Å². The van der Waals surface area contributed by atoms with E-state index < -0.39 is 0 Å². The largest absolute Gasteiger partial charge is 0.302 e. The van der Waals surface area contributed by atoms with Crippen LogP contribution >= 0.6 is 11.3 Å². The zero-order chi connectivity index (χ0) is 22.6. The highest BCUT2D eigenvalue weighted by Crippen LogP contribution is 2.53. The molecule has 0 bridgehead atoms. The third-order valence-electron chi connectivity index (χ3n) is 7.27. The van der Waals surface area contributed by atoms with E-state index in [1.54, 1.807) is 6.07 Å². The molecule has 2 fully saturated rings. The lowest BCUT2D eigenvalue weighted by atomic mass is 9.92. The van der Waals surface area contributed by atoms with E-state index in [0.29, 0.717) is 10.6 Å². The molecule has 6 heteroatoms. The Morgan fingerprint density at radius 2 is 1.91 bits per heavy atom. The number of carbonyl (C=O) groups is 1. The molecule has 1 aliphatic heterocycles. The van der Waals surface area contributed by atoms with E-state index in [1.807, 2.05) is 36.2 Å². The van der Waals surface area contributed by atoms with Crippen LogP contribution in [0.5, 0.6) is 0 Å². The Kier molecular flexibility index (Phi) is 4.89. The van der Waals surface area contributed by atoms with Crippen LogP contribution in [0.3, 0.4) is 0 Å². The van der Waals surface area contributed by atoms with Gasteiger partial charge in [0.2, 0.25) is 0 Å². The Labute approximate surface area is 196 Å². The minimum Gasteiger partial charge on any atom is -0.302 e. The normalized spacial score (nSPS) is 22.0. The number of halogens is 1. The van der Waals surface area contributed by atoms with Crippen LogP contribution in [-0.2, 0) is 10.2 Å². The van der Waals surface area contributed by atoms with Gasteiger partial charge in [-0.1, -0.05) is 47.7 Å². The van der Waals surface area contributed by atoms with Crippen molar-refractivity contribution in [2.45, 2.75) is 36.6 Å². The predicted molar refractivity (Wildman–Crippen MR) is 129 cm³/mol. The van der Waals surface area contributed by atoms with Crippen LogP contribution in [0.2, 0.25) is 0 Å². The van der Waals surface area contributed by atoms with E-state index in [9.17, 15) is 4.79 Å². The van der Waals surface area contributed by atoms with Gasteiger partial charge in [0.15, 0.2) is 0 Å². The number of thiazole rings is 1. The number of nitrogens with zero attached hydrogens (tertiary/aromatic N) is 3. The lowest BCUT2D eigenvalue weighted by Gasteiger charge is -2.14. The fourth-order valence-electron chi connectivity index (χ4n) is 5.16. The number of aldehydes is 1. The standard InChI is InChI=1S/C27H24FN3OS/c1-31-15-18(13-20(31)16-32)17-7-8-21(22(28)14-17)25-29-23-9-10-24(30-26(23)33-25)27(11-12-27)19-5-3-2-4-6-19/h2-10,14,16,18,20H,11-13,15H2,1H3/t18-,20-/m0/s1. The van der Waals surface area contributed by atoms with Crippen molar-refractivity contribution in [2.24, 2.45) is 0 Å².